The van der Waals surface area contributed by atoms with Gasteiger partial charge in [-0.05, 0) is 25.0 Å². The third kappa shape index (κ3) is 2.56. The fraction of sp³-hybridized carbons (Fsp3) is 0.333. The van der Waals surface area contributed by atoms with Gasteiger partial charge in [-0.15, -0.1) is 0 Å². The van der Waals surface area contributed by atoms with Crippen LogP contribution in [0, 0.1) is 4.91 Å². The van der Waals surface area contributed by atoms with Crippen LogP contribution in [-0.2, 0) is 0 Å². The van der Waals surface area contributed by atoms with E-state index in [0.29, 0.717) is 17.0 Å². The molecule has 1 fully saturated rings. The molecule has 0 unspecified atom stereocenters. The summed E-state index contributed by atoms with van der Waals surface area (Å²) in [6, 6.07) is 6.89. The summed E-state index contributed by atoms with van der Waals surface area (Å²) >= 11 is 0. The molecule has 0 saturated carbocycles. The maximum absolute atomic E-state index is 12.4. The Balaban J connectivity index is 1.91. The van der Waals surface area contributed by atoms with Gasteiger partial charge in [0.25, 0.3) is 11.6 Å². The summed E-state index contributed by atoms with van der Waals surface area (Å²) in [6.45, 7) is 1.56. The van der Waals surface area contributed by atoms with Gasteiger partial charge >= 0.3 is 0 Å². The Labute approximate surface area is 121 Å². The van der Waals surface area contributed by atoms with E-state index < -0.39 is 0 Å². The van der Waals surface area contributed by atoms with Crippen molar-refractivity contribution in [1.29, 1.82) is 0 Å². The van der Waals surface area contributed by atoms with E-state index in [2.05, 4.69) is 5.16 Å². The number of nitroso groups, excluding NO2 is 1. The number of rotatable bonds is 3. The summed E-state index contributed by atoms with van der Waals surface area (Å²) in [5.41, 5.74) is 1.76. The van der Waals surface area contributed by atoms with Crippen LogP contribution >= 0.6 is 0 Å². The zero-order valence-electron chi connectivity index (χ0n) is 11.8. The second-order valence-electron chi connectivity index (χ2n) is 5.11. The van der Waals surface area contributed by atoms with Gasteiger partial charge in [0.2, 0.25) is 0 Å². The SMILES string of the molecule is C[N+](=O)c1ccc(-c2oncc2C(=O)N2CCCC2)cc1. The Morgan fingerprint density at radius 3 is 2.52 bits per heavy atom. The predicted molar refractivity (Wildman–Crippen MR) is 76.3 cm³/mol. The van der Waals surface area contributed by atoms with Crippen LogP contribution in [0.25, 0.3) is 11.3 Å². The van der Waals surface area contributed by atoms with Gasteiger partial charge in [-0.3, -0.25) is 4.79 Å². The van der Waals surface area contributed by atoms with Crippen molar-refractivity contribution in [2.24, 2.45) is 0 Å². The summed E-state index contributed by atoms with van der Waals surface area (Å²) in [5, 5.41) is 3.75. The zero-order chi connectivity index (χ0) is 14.8. The van der Waals surface area contributed by atoms with E-state index in [1.54, 1.807) is 24.3 Å². The smallest absolute Gasteiger partial charge is 0.259 e. The molecule has 21 heavy (non-hydrogen) atoms. The third-order valence-electron chi connectivity index (χ3n) is 3.69. The van der Waals surface area contributed by atoms with Gasteiger partial charge < -0.3 is 9.42 Å². The largest absolute Gasteiger partial charge is 0.355 e. The highest BCUT2D eigenvalue weighted by Gasteiger charge is 2.25. The van der Waals surface area contributed by atoms with Crippen LogP contribution in [0.5, 0.6) is 0 Å². The fourth-order valence-corrected chi connectivity index (χ4v) is 2.51. The average Bonchev–Trinajstić information content (AvgIpc) is 3.18. The van der Waals surface area contributed by atoms with Crippen LogP contribution in [0.1, 0.15) is 23.2 Å². The quantitative estimate of drug-likeness (QED) is 0.813. The van der Waals surface area contributed by atoms with Crippen LogP contribution in [0.3, 0.4) is 0 Å². The molecule has 2 heterocycles. The molecule has 0 spiro atoms. The number of hydrogen-bond donors (Lipinski definition) is 0. The molecule has 108 valence electrons. The van der Waals surface area contributed by atoms with E-state index >= 15 is 0 Å². The highest BCUT2D eigenvalue weighted by Crippen LogP contribution is 2.27. The van der Waals surface area contributed by atoms with Crippen LogP contribution in [0.2, 0.25) is 0 Å². The molecule has 1 saturated heterocycles. The van der Waals surface area contributed by atoms with Crippen LogP contribution in [0.15, 0.2) is 35.0 Å². The first-order valence-electron chi connectivity index (χ1n) is 6.92. The molecule has 6 heteroatoms. The van der Waals surface area contributed by atoms with Crippen molar-refractivity contribution in [1.82, 2.24) is 10.1 Å². The first-order valence-corrected chi connectivity index (χ1v) is 6.92. The minimum atomic E-state index is -0.0474. The number of aromatic nitrogens is 1. The fourth-order valence-electron chi connectivity index (χ4n) is 2.51. The molecule has 0 bridgehead atoms. The molecule has 1 aliphatic heterocycles. The zero-order valence-corrected chi connectivity index (χ0v) is 11.8. The molecular formula is C15H16N3O3+. The predicted octanol–water partition coefficient (Wildman–Crippen LogP) is 2.62. The monoisotopic (exact) mass is 286 g/mol. The molecule has 3 rings (SSSR count). The molecule has 1 aromatic heterocycles. The molecule has 6 nitrogen and oxygen atoms in total. The lowest BCUT2D eigenvalue weighted by molar-refractivity contribution is -0.428. The molecule has 2 aromatic rings. The van der Waals surface area contributed by atoms with Crippen molar-refractivity contribution in [3.05, 3.63) is 40.9 Å². The molecular weight excluding hydrogens is 270 g/mol. The number of carbonyl (C=O) groups excluding carboxylic acids is 1. The first kappa shape index (κ1) is 13.5. The van der Waals surface area contributed by atoms with E-state index in [4.69, 9.17) is 4.52 Å². The molecule has 1 amide bonds. The third-order valence-corrected chi connectivity index (χ3v) is 3.69. The molecule has 1 aliphatic rings. The molecule has 0 aliphatic carbocycles. The lowest BCUT2D eigenvalue weighted by Crippen LogP contribution is -2.27. The Morgan fingerprint density at radius 1 is 1.24 bits per heavy atom. The maximum Gasteiger partial charge on any atom is 0.259 e. The Morgan fingerprint density at radius 2 is 1.90 bits per heavy atom. The number of amides is 1. The van der Waals surface area contributed by atoms with Gasteiger partial charge in [0.1, 0.15) is 5.56 Å². The first-order chi connectivity index (χ1) is 10.2. The topological polar surface area (TPSA) is 66.4 Å². The van der Waals surface area contributed by atoms with Gasteiger partial charge in [0.15, 0.2) is 12.8 Å². The molecule has 0 radical (unpaired) electrons. The van der Waals surface area contributed by atoms with Crippen LogP contribution in [0.4, 0.5) is 5.69 Å². The summed E-state index contributed by atoms with van der Waals surface area (Å²) in [7, 11) is 1.44. The number of nitrogens with zero attached hydrogens (tertiary/aromatic N) is 3. The van der Waals surface area contributed by atoms with E-state index in [9.17, 15) is 9.70 Å². The lowest BCUT2D eigenvalue weighted by Gasteiger charge is -2.14. The second kappa shape index (κ2) is 5.47. The minimum Gasteiger partial charge on any atom is -0.355 e. The second-order valence-corrected chi connectivity index (χ2v) is 5.11. The Kier molecular flexibility index (Phi) is 3.51. The van der Waals surface area contributed by atoms with Gasteiger partial charge in [-0.2, -0.15) is 0 Å². The van der Waals surface area contributed by atoms with E-state index in [-0.39, 0.29) is 5.91 Å². The van der Waals surface area contributed by atoms with Crippen molar-refractivity contribution in [3.8, 4) is 11.3 Å². The van der Waals surface area contributed by atoms with Crippen LogP contribution < -0.4 is 0 Å². The minimum absolute atomic E-state index is 0.0474. The number of likely N-dealkylation sites (tertiary alicyclic amines) is 1. The number of hydrogen-bond acceptors (Lipinski definition) is 4. The van der Waals surface area contributed by atoms with Crippen LogP contribution in [-0.4, -0.2) is 40.9 Å². The maximum atomic E-state index is 12.4. The number of carbonyl (C=O) groups is 1. The van der Waals surface area contributed by atoms with Crippen molar-refractivity contribution in [2.75, 3.05) is 20.1 Å². The van der Waals surface area contributed by atoms with Gasteiger partial charge in [0, 0.05) is 40.5 Å². The Bertz CT molecular complexity index is 670. The summed E-state index contributed by atoms with van der Waals surface area (Å²) in [4.78, 5) is 25.5. The number of benzene rings is 1. The highest BCUT2D eigenvalue weighted by atomic mass is 16.5. The van der Waals surface area contributed by atoms with Crippen molar-refractivity contribution >= 4 is 11.6 Å². The molecule has 1 aromatic carbocycles. The van der Waals surface area contributed by atoms with Crippen molar-refractivity contribution in [2.45, 2.75) is 12.8 Å². The average molecular weight is 286 g/mol. The van der Waals surface area contributed by atoms with Gasteiger partial charge in [0.05, 0.1) is 6.20 Å². The molecule has 0 N–H and O–H groups in total. The summed E-state index contributed by atoms with van der Waals surface area (Å²) in [5.74, 6) is 0.403. The Hall–Kier alpha value is -2.50. The van der Waals surface area contributed by atoms with Crippen molar-refractivity contribution < 1.29 is 14.1 Å². The summed E-state index contributed by atoms with van der Waals surface area (Å²) < 4.78 is 6.02. The van der Waals surface area contributed by atoms with E-state index in [0.717, 1.165) is 36.3 Å². The highest BCUT2D eigenvalue weighted by molar-refractivity contribution is 5.99. The standard InChI is InChI=1S/C15H16N3O3/c1-17(20)12-6-4-11(5-7-12)14-13(10-16-21-14)15(19)18-8-2-3-9-18/h4-7,10H,2-3,8-9H2,1H3/q+1. The van der Waals surface area contributed by atoms with E-state index in [1.165, 1.54) is 13.2 Å². The summed E-state index contributed by atoms with van der Waals surface area (Å²) in [6.07, 6.45) is 3.54. The van der Waals surface area contributed by atoms with Gasteiger partial charge in [-0.25, -0.2) is 0 Å². The van der Waals surface area contributed by atoms with Crippen molar-refractivity contribution in [3.63, 3.8) is 0 Å². The lowest BCUT2D eigenvalue weighted by atomic mass is 10.1. The van der Waals surface area contributed by atoms with E-state index in [1.807, 2.05) is 4.90 Å². The normalized spacial score (nSPS) is 14.4. The van der Waals surface area contributed by atoms with Gasteiger partial charge in [-0.1, -0.05) is 5.16 Å². The molecule has 0 atom stereocenters.